The number of benzene rings is 2. The zero-order chi connectivity index (χ0) is 28.9. The third-order valence-corrected chi connectivity index (χ3v) is 6.59. The van der Waals surface area contributed by atoms with Crippen molar-refractivity contribution in [1.82, 2.24) is 10.2 Å². The molecule has 2 rings (SSSR count). The van der Waals surface area contributed by atoms with Gasteiger partial charge in [0.2, 0.25) is 5.91 Å². The van der Waals surface area contributed by atoms with E-state index in [9.17, 15) is 14.4 Å². The van der Waals surface area contributed by atoms with Crippen LogP contribution in [0, 0.1) is 5.92 Å². The van der Waals surface area contributed by atoms with Gasteiger partial charge in [0.05, 0.1) is 5.56 Å². The molecule has 5 N–H and O–H groups in total. The van der Waals surface area contributed by atoms with Gasteiger partial charge in [-0.1, -0.05) is 51.4 Å². The van der Waals surface area contributed by atoms with Crippen LogP contribution in [0.4, 0.5) is 0 Å². The number of nitrogens with two attached hydrogens (primary N) is 2. The molecule has 0 saturated carbocycles. The van der Waals surface area contributed by atoms with Gasteiger partial charge in [-0.25, -0.2) is 4.79 Å². The number of nitrogens with zero attached hydrogens (tertiary/aromatic N) is 1. The number of carbonyl (C=O) groups excluding carboxylic acids is 3. The topological polar surface area (TPSA) is 128 Å². The highest BCUT2D eigenvalue weighted by atomic mass is 35.5. The Kier molecular flexibility index (Phi) is 13.4. The highest BCUT2D eigenvalue weighted by molar-refractivity contribution is 6.30. The van der Waals surface area contributed by atoms with Crippen LogP contribution < -0.4 is 16.8 Å². The fourth-order valence-electron chi connectivity index (χ4n) is 4.19. The summed E-state index contributed by atoms with van der Waals surface area (Å²) < 4.78 is 5.90. The lowest BCUT2D eigenvalue weighted by atomic mass is 10.0. The van der Waals surface area contributed by atoms with Gasteiger partial charge in [-0.3, -0.25) is 9.59 Å². The number of hydrogen-bond donors (Lipinski definition) is 3. The molecule has 214 valence electrons. The second kappa shape index (κ2) is 16.2. The number of carbonyl (C=O) groups is 3. The van der Waals surface area contributed by atoms with Crippen molar-refractivity contribution < 1.29 is 19.1 Å². The van der Waals surface area contributed by atoms with Gasteiger partial charge in [-0.15, -0.1) is 0 Å². The molecule has 0 aliphatic carbocycles. The van der Waals surface area contributed by atoms with Gasteiger partial charge in [-0.05, 0) is 74.0 Å². The van der Waals surface area contributed by atoms with E-state index < -0.39 is 24.0 Å². The van der Waals surface area contributed by atoms with Crippen molar-refractivity contribution in [1.29, 1.82) is 0 Å². The molecular weight excluding hydrogens is 516 g/mol. The highest BCUT2D eigenvalue weighted by Crippen LogP contribution is 2.17. The third kappa shape index (κ3) is 10.6. The van der Waals surface area contributed by atoms with Crippen molar-refractivity contribution in [2.24, 2.45) is 17.4 Å². The molecule has 0 radical (unpaired) electrons. The Morgan fingerprint density at radius 1 is 0.974 bits per heavy atom. The predicted octanol–water partition coefficient (Wildman–Crippen LogP) is 4.43. The van der Waals surface area contributed by atoms with E-state index in [0.717, 1.165) is 31.4 Å². The van der Waals surface area contributed by atoms with Crippen LogP contribution in [0.1, 0.15) is 83.6 Å². The summed E-state index contributed by atoms with van der Waals surface area (Å²) in [5, 5.41) is 3.97. The summed E-state index contributed by atoms with van der Waals surface area (Å²) in [4.78, 5) is 40.4. The second-order valence-corrected chi connectivity index (χ2v) is 10.7. The van der Waals surface area contributed by atoms with Crippen molar-refractivity contribution in [3.8, 4) is 0 Å². The molecule has 9 heteroatoms. The SMILES string of the molecule is CCCN(CCC)C(=O)c1cc(C(N)=O)cc(C(=O)O[C@H](CNCCC(C)C)[C@@H](N)Cc2ccc(Cl)cc2)c1. The van der Waals surface area contributed by atoms with Crippen molar-refractivity contribution in [3.05, 3.63) is 69.7 Å². The van der Waals surface area contributed by atoms with Crippen molar-refractivity contribution in [3.63, 3.8) is 0 Å². The Balaban J connectivity index is 2.31. The number of halogens is 1. The molecule has 0 unspecified atom stereocenters. The molecule has 8 nitrogen and oxygen atoms in total. The minimum absolute atomic E-state index is 0.0674. The standard InChI is InChI=1S/C30H43ClN4O4/c1-5-13-35(14-6-2)29(37)23-16-22(28(33)36)17-24(18-23)30(38)39-27(19-34-12-11-20(3)4)26(32)15-21-7-9-25(31)10-8-21/h7-10,16-18,20,26-27,34H,5-6,11-15,19,32H2,1-4H3,(H2,33,36)/t26-,27+/m0/s1. The summed E-state index contributed by atoms with van der Waals surface area (Å²) in [6.45, 7) is 10.5. The highest BCUT2D eigenvalue weighted by Gasteiger charge is 2.25. The molecule has 0 saturated heterocycles. The van der Waals surface area contributed by atoms with E-state index in [2.05, 4.69) is 19.2 Å². The summed E-state index contributed by atoms with van der Waals surface area (Å²) >= 11 is 6.01. The Labute approximate surface area is 237 Å². The third-order valence-electron chi connectivity index (χ3n) is 6.34. The minimum Gasteiger partial charge on any atom is -0.456 e. The van der Waals surface area contributed by atoms with Crippen LogP contribution in [-0.4, -0.2) is 61.0 Å². The van der Waals surface area contributed by atoms with Crippen LogP contribution in [0.15, 0.2) is 42.5 Å². The van der Waals surface area contributed by atoms with Crippen LogP contribution in [0.25, 0.3) is 0 Å². The second-order valence-electron chi connectivity index (χ2n) is 10.3. The quantitative estimate of drug-likeness (QED) is 0.206. The molecule has 0 bridgehead atoms. The van der Waals surface area contributed by atoms with E-state index in [0.29, 0.717) is 37.0 Å². The first kappa shape index (κ1) is 32.3. The Morgan fingerprint density at radius 3 is 2.13 bits per heavy atom. The lowest BCUT2D eigenvalue weighted by molar-refractivity contribution is 0.0238. The van der Waals surface area contributed by atoms with E-state index in [4.69, 9.17) is 27.8 Å². The molecule has 0 fully saturated rings. The maximum absolute atomic E-state index is 13.4. The molecule has 2 amide bonds. The van der Waals surface area contributed by atoms with Crippen LogP contribution >= 0.6 is 11.6 Å². The normalized spacial score (nSPS) is 12.7. The van der Waals surface area contributed by atoms with Gasteiger partial charge in [0.15, 0.2) is 0 Å². The van der Waals surface area contributed by atoms with Gasteiger partial charge >= 0.3 is 5.97 Å². The van der Waals surface area contributed by atoms with Crippen LogP contribution in [0.3, 0.4) is 0 Å². The first-order chi connectivity index (χ1) is 18.5. The average Bonchev–Trinajstić information content (AvgIpc) is 2.90. The molecule has 0 aromatic heterocycles. The first-order valence-corrected chi connectivity index (χ1v) is 14.1. The van der Waals surface area contributed by atoms with E-state index in [1.807, 2.05) is 26.0 Å². The van der Waals surface area contributed by atoms with E-state index in [1.54, 1.807) is 17.0 Å². The van der Waals surface area contributed by atoms with E-state index >= 15 is 0 Å². The molecule has 2 aromatic carbocycles. The zero-order valence-electron chi connectivity index (χ0n) is 23.5. The van der Waals surface area contributed by atoms with Crippen LogP contribution in [0.5, 0.6) is 0 Å². The van der Waals surface area contributed by atoms with Crippen molar-refractivity contribution in [2.45, 2.75) is 65.5 Å². The zero-order valence-corrected chi connectivity index (χ0v) is 24.3. The Hall–Kier alpha value is -2.94. The maximum Gasteiger partial charge on any atom is 0.338 e. The van der Waals surface area contributed by atoms with Gasteiger partial charge in [-0.2, -0.15) is 0 Å². The smallest absolute Gasteiger partial charge is 0.338 e. The molecule has 0 spiro atoms. The van der Waals surface area contributed by atoms with Crippen molar-refractivity contribution in [2.75, 3.05) is 26.2 Å². The number of nitrogens with one attached hydrogen (secondary N) is 1. The number of esters is 1. The fourth-order valence-corrected chi connectivity index (χ4v) is 4.32. The van der Waals surface area contributed by atoms with Gasteiger partial charge < -0.3 is 26.4 Å². The van der Waals surface area contributed by atoms with Crippen LogP contribution in [-0.2, 0) is 11.2 Å². The number of amides is 2. The maximum atomic E-state index is 13.4. The number of ether oxygens (including phenoxy) is 1. The Bertz CT molecular complexity index is 1080. The molecule has 0 aliphatic heterocycles. The lowest BCUT2D eigenvalue weighted by Crippen LogP contribution is -2.46. The van der Waals surface area contributed by atoms with Crippen LogP contribution in [0.2, 0.25) is 5.02 Å². The monoisotopic (exact) mass is 558 g/mol. The summed E-state index contributed by atoms with van der Waals surface area (Å²) in [5.41, 5.74) is 13.4. The lowest BCUT2D eigenvalue weighted by Gasteiger charge is -2.25. The molecule has 0 aliphatic rings. The Morgan fingerprint density at radius 2 is 1.56 bits per heavy atom. The summed E-state index contributed by atoms with van der Waals surface area (Å²) in [6, 6.07) is 11.1. The molecule has 0 heterocycles. The van der Waals surface area contributed by atoms with E-state index in [-0.39, 0.29) is 22.6 Å². The van der Waals surface area contributed by atoms with Gasteiger partial charge in [0.1, 0.15) is 6.10 Å². The number of primary amides is 1. The van der Waals surface area contributed by atoms with Crippen molar-refractivity contribution >= 4 is 29.4 Å². The predicted molar refractivity (Wildman–Crippen MR) is 156 cm³/mol. The molecule has 39 heavy (non-hydrogen) atoms. The van der Waals surface area contributed by atoms with Gasteiger partial charge in [0.25, 0.3) is 5.91 Å². The first-order valence-electron chi connectivity index (χ1n) is 13.7. The number of rotatable bonds is 16. The fraction of sp³-hybridized carbons (Fsp3) is 0.500. The molecule has 2 aromatic rings. The molecule has 2 atom stereocenters. The molecular formula is C30H43ClN4O4. The number of hydrogen-bond acceptors (Lipinski definition) is 6. The summed E-state index contributed by atoms with van der Waals surface area (Å²) in [6.07, 6.45) is 2.34. The largest absolute Gasteiger partial charge is 0.456 e. The van der Waals surface area contributed by atoms with E-state index in [1.165, 1.54) is 18.2 Å². The summed E-state index contributed by atoms with van der Waals surface area (Å²) in [5.74, 6) is -1.15. The summed E-state index contributed by atoms with van der Waals surface area (Å²) in [7, 11) is 0. The minimum atomic E-state index is -0.734. The van der Waals surface area contributed by atoms with Gasteiger partial charge in [0, 0.05) is 41.8 Å². The average molecular weight is 559 g/mol.